The first-order valence-corrected chi connectivity index (χ1v) is 9.94. The average molecular weight is 442 g/mol. The predicted octanol–water partition coefficient (Wildman–Crippen LogP) is 4.16. The second-order valence-electron chi connectivity index (χ2n) is 6.98. The van der Waals surface area contributed by atoms with Gasteiger partial charge in [-0.15, -0.1) is 0 Å². The van der Waals surface area contributed by atoms with Gasteiger partial charge in [0.1, 0.15) is 17.0 Å². The third kappa shape index (κ3) is 4.94. The maximum absolute atomic E-state index is 13.0. The molecule has 1 N–H and O–H groups in total. The van der Waals surface area contributed by atoms with Crippen LogP contribution in [0.15, 0.2) is 59.0 Å². The molecule has 0 bridgehead atoms. The number of para-hydroxylation sites is 1. The number of carbonyl (C=O) groups is 2. The van der Waals surface area contributed by atoms with Crippen LogP contribution >= 0.6 is 0 Å². The molecule has 0 unspecified atom stereocenters. The van der Waals surface area contributed by atoms with Crippen molar-refractivity contribution in [3.8, 4) is 5.75 Å². The van der Waals surface area contributed by atoms with Gasteiger partial charge in [0, 0.05) is 24.6 Å². The topological polar surface area (TPSA) is 81.0 Å². The number of hydrogen-bond acceptors (Lipinski definition) is 5. The lowest BCUT2D eigenvalue weighted by Crippen LogP contribution is -2.40. The molecule has 2 amide bonds. The van der Waals surface area contributed by atoms with Crippen molar-refractivity contribution in [3.05, 3.63) is 65.9 Å². The van der Waals surface area contributed by atoms with E-state index in [2.05, 4.69) is 10.1 Å². The van der Waals surface area contributed by atoms with E-state index in [1.54, 1.807) is 41.3 Å². The number of alkyl halides is 2. The summed E-state index contributed by atoms with van der Waals surface area (Å²) in [4.78, 5) is 27.2. The summed E-state index contributed by atoms with van der Waals surface area (Å²) in [7, 11) is 0. The highest BCUT2D eigenvalue weighted by molar-refractivity contribution is 6.13. The van der Waals surface area contributed by atoms with E-state index in [0.29, 0.717) is 48.5 Å². The summed E-state index contributed by atoms with van der Waals surface area (Å²) in [6.45, 7) is -1.14. The smallest absolute Gasteiger partial charge is 0.387 e. The Kier molecular flexibility index (Phi) is 6.46. The standard InChI is InChI=1S/C23H20F2N2O5/c24-23(25)31-16-8-5-15(6-9-16)7-10-19(28)26-20-17-3-1-2-4-18(17)32-21(20)22(29)27-11-13-30-14-12-27/h1-10,23H,11-14H2,(H,26,28)/b10-7+. The van der Waals surface area contributed by atoms with E-state index in [-0.39, 0.29) is 17.4 Å². The van der Waals surface area contributed by atoms with Gasteiger partial charge in [-0.2, -0.15) is 8.78 Å². The molecule has 1 aliphatic heterocycles. The number of rotatable bonds is 6. The summed E-state index contributed by atoms with van der Waals surface area (Å²) in [5.41, 5.74) is 1.40. The molecule has 3 aromatic rings. The fourth-order valence-corrected chi connectivity index (χ4v) is 3.33. The van der Waals surface area contributed by atoms with Gasteiger partial charge in [0.05, 0.1) is 13.2 Å². The molecule has 0 atom stereocenters. The maximum atomic E-state index is 13.0. The van der Waals surface area contributed by atoms with Crippen LogP contribution in [-0.2, 0) is 9.53 Å². The lowest BCUT2D eigenvalue weighted by Gasteiger charge is -2.26. The van der Waals surface area contributed by atoms with Gasteiger partial charge in [-0.3, -0.25) is 9.59 Å². The minimum absolute atomic E-state index is 0.0257. The average Bonchev–Trinajstić information content (AvgIpc) is 3.16. The molecule has 166 valence electrons. The fourth-order valence-electron chi connectivity index (χ4n) is 3.33. The fraction of sp³-hybridized carbons (Fsp3) is 0.217. The van der Waals surface area contributed by atoms with E-state index in [0.717, 1.165) is 0 Å². The van der Waals surface area contributed by atoms with Crippen molar-refractivity contribution in [1.82, 2.24) is 4.90 Å². The molecule has 0 aliphatic carbocycles. The molecule has 1 aromatic heterocycles. The van der Waals surface area contributed by atoms with Crippen LogP contribution in [0.3, 0.4) is 0 Å². The van der Waals surface area contributed by atoms with Crippen LogP contribution in [0, 0.1) is 0 Å². The molecule has 4 rings (SSSR count). The molecule has 1 saturated heterocycles. The third-order valence-corrected chi connectivity index (χ3v) is 4.87. The van der Waals surface area contributed by atoms with Gasteiger partial charge in [0.15, 0.2) is 0 Å². The quantitative estimate of drug-likeness (QED) is 0.580. The lowest BCUT2D eigenvalue weighted by molar-refractivity contribution is -0.111. The van der Waals surface area contributed by atoms with Gasteiger partial charge in [-0.25, -0.2) is 0 Å². The minimum atomic E-state index is -2.90. The molecule has 1 aliphatic rings. The maximum Gasteiger partial charge on any atom is 0.387 e. The number of carbonyl (C=O) groups excluding carboxylic acids is 2. The van der Waals surface area contributed by atoms with E-state index < -0.39 is 12.5 Å². The summed E-state index contributed by atoms with van der Waals surface area (Å²) < 4.78 is 39.9. The number of hydrogen-bond donors (Lipinski definition) is 1. The number of halogens is 2. The first-order valence-electron chi connectivity index (χ1n) is 9.94. The van der Waals surface area contributed by atoms with Crippen molar-refractivity contribution in [2.24, 2.45) is 0 Å². The van der Waals surface area contributed by atoms with Crippen molar-refractivity contribution in [2.45, 2.75) is 6.61 Å². The first-order chi connectivity index (χ1) is 15.5. The Morgan fingerprint density at radius 1 is 1.06 bits per heavy atom. The van der Waals surface area contributed by atoms with Gasteiger partial charge in [-0.05, 0) is 35.9 Å². The number of furan rings is 1. The third-order valence-electron chi connectivity index (χ3n) is 4.87. The normalized spacial score (nSPS) is 14.3. The number of morpholine rings is 1. The number of benzene rings is 2. The number of nitrogens with one attached hydrogen (secondary N) is 1. The zero-order valence-corrected chi connectivity index (χ0v) is 16.9. The molecule has 2 aromatic carbocycles. The Bertz CT molecular complexity index is 1130. The largest absolute Gasteiger partial charge is 0.449 e. The van der Waals surface area contributed by atoms with E-state index in [1.807, 2.05) is 0 Å². The molecular weight excluding hydrogens is 422 g/mol. The lowest BCUT2D eigenvalue weighted by atomic mass is 10.2. The summed E-state index contributed by atoms with van der Waals surface area (Å²) in [5.74, 6) is -0.708. The van der Waals surface area contributed by atoms with E-state index in [4.69, 9.17) is 9.15 Å². The van der Waals surface area contributed by atoms with E-state index >= 15 is 0 Å². The van der Waals surface area contributed by atoms with Crippen molar-refractivity contribution < 1.29 is 32.3 Å². The molecular formula is C23H20F2N2O5. The van der Waals surface area contributed by atoms with Crippen molar-refractivity contribution in [1.29, 1.82) is 0 Å². The Morgan fingerprint density at radius 2 is 1.78 bits per heavy atom. The van der Waals surface area contributed by atoms with Crippen molar-refractivity contribution in [3.63, 3.8) is 0 Å². The second-order valence-corrected chi connectivity index (χ2v) is 6.98. The Morgan fingerprint density at radius 3 is 2.50 bits per heavy atom. The van der Waals surface area contributed by atoms with Crippen LogP contribution in [0.5, 0.6) is 5.75 Å². The molecule has 0 spiro atoms. The monoisotopic (exact) mass is 442 g/mol. The number of anilines is 1. The van der Waals surface area contributed by atoms with Crippen molar-refractivity contribution in [2.75, 3.05) is 31.6 Å². The number of fused-ring (bicyclic) bond motifs is 1. The summed E-state index contributed by atoms with van der Waals surface area (Å²) >= 11 is 0. The summed E-state index contributed by atoms with van der Waals surface area (Å²) in [6, 6.07) is 12.9. The van der Waals surface area contributed by atoms with E-state index in [1.165, 1.54) is 24.3 Å². The van der Waals surface area contributed by atoms with Crippen LogP contribution in [0.1, 0.15) is 16.1 Å². The number of ether oxygens (including phenoxy) is 2. The number of nitrogens with zero attached hydrogens (tertiary/aromatic N) is 1. The molecule has 1 fully saturated rings. The highest BCUT2D eigenvalue weighted by atomic mass is 19.3. The predicted molar refractivity (Wildman–Crippen MR) is 114 cm³/mol. The molecule has 0 radical (unpaired) electrons. The highest BCUT2D eigenvalue weighted by Gasteiger charge is 2.27. The highest BCUT2D eigenvalue weighted by Crippen LogP contribution is 2.32. The molecule has 9 heteroatoms. The van der Waals surface area contributed by atoms with Crippen LogP contribution in [0.25, 0.3) is 17.0 Å². The molecule has 2 heterocycles. The van der Waals surface area contributed by atoms with Crippen molar-refractivity contribution >= 4 is 34.5 Å². The minimum Gasteiger partial charge on any atom is -0.449 e. The van der Waals surface area contributed by atoms with Gasteiger partial charge >= 0.3 is 6.61 Å². The summed E-state index contributed by atoms with van der Waals surface area (Å²) in [5, 5.41) is 3.35. The van der Waals surface area contributed by atoms with Crippen LogP contribution in [0.4, 0.5) is 14.5 Å². The van der Waals surface area contributed by atoms with Gasteiger partial charge in [0.25, 0.3) is 5.91 Å². The molecule has 7 nitrogen and oxygen atoms in total. The Balaban J connectivity index is 1.53. The van der Waals surface area contributed by atoms with E-state index in [9.17, 15) is 18.4 Å². The van der Waals surface area contributed by atoms with Gasteiger partial charge < -0.3 is 24.1 Å². The van der Waals surface area contributed by atoms with Gasteiger partial charge in [-0.1, -0.05) is 24.3 Å². The second kappa shape index (κ2) is 9.61. The Labute approximate surface area is 182 Å². The number of amides is 2. The SMILES string of the molecule is O=C(/C=C/c1ccc(OC(F)F)cc1)Nc1c(C(=O)N2CCOCC2)oc2ccccc12. The summed E-state index contributed by atoms with van der Waals surface area (Å²) in [6.07, 6.45) is 2.81. The zero-order chi connectivity index (χ0) is 22.5. The van der Waals surface area contributed by atoms with Crippen LogP contribution in [0.2, 0.25) is 0 Å². The zero-order valence-electron chi connectivity index (χ0n) is 16.9. The first kappa shape index (κ1) is 21.5. The van der Waals surface area contributed by atoms with Crippen LogP contribution < -0.4 is 10.1 Å². The molecule has 32 heavy (non-hydrogen) atoms. The van der Waals surface area contributed by atoms with Gasteiger partial charge in [0.2, 0.25) is 11.7 Å². The molecule has 0 saturated carbocycles. The van der Waals surface area contributed by atoms with Crippen LogP contribution in [-0.4, -0.2) is 49.6 Å². The Hall–Kier alpha value is -3.72.